The zero-order valence-corrected chi connectivity index (χ0v) is 16.0. The summed E-state index contributed by atoms with van der Waals surface area (Å²) in [5.74, 6) is 0. The summed E-state index contributed by atoms with van der Waals surface area (Å²) in [5.41, 5.74) is 2.78. The van der Waals surface area contributed by atoms with E-state index in [1.807, 2.05) is 0 Å². The van der Waals surface area contributed by atoms with Gasteiger partial charge in [0.1, 0.15) is 0 Å². The molecule has 0 aliphatic carbocycles. The fourth-order valence-electron chi connectivity index (χ4n) is 2.42. The summed E-state index contributed by atoms with van der Waals surface area (Å²) in [6.07, 6.45) is 3.30. The first-order chi connectivity index (χ1) is 10.2. The van der Waals surface area contributed by atoms with E-state index in [9.17, 15) is 0 Å². The quantitative estimate of drug-likeness (QED) is 0.563. The summed E-state index contributed by atoms with van der Waals surface area (Å²) in [7, 11) is 0. The first-order valence-electron chi connectivity index (χ1n) is 7.39. The SMILES string of the molecule is CCCNC(Cc1ccc(I)cc1)Cc1cccc(Br)c1. The number of hydrogen-bond donors (Lipinski definition) is 1. The van der Waals surface area contributed by atoms with Crippen LogP contribution in [0, 0.1) is 3.57 Å². The van der Waals surface area contributed by atoms with Crippen LogP contribution in [0.15, 0.2) is 53.0 Å². The van der Waals surface area contributed by atoms with Crippen LogP contribution in [-0.2, 0) is 12.8 Å². The number of halogens is 2. The minimum absolute atomic E-state index is 0.485. The van der Waals surface area contributed by atoms with Crippen LogP contribution in [0.4, 0.5) is 0 Å². The van der Waals surface area contributed by atoms with E-state index in [-0.39, 0.29) is 0 Å². The summed E-state index contributed by atoms with van der Waals surface area (Å²) < 4.78 is 2.45. The van der Waals surface area contributed by atoms with Gasteiger partial charge in [-0.05, 0) is 83.8 Å². The molecular weight excluding hydrogens is 437 g/mol. The molecule has 0 aromatic heterocycles. The van der Waals surface area contributed by atoms with Crippen molar-refractivity contribution in [1.29, 1.82) is 0 Å². The van der Waals surface area contributed by atoms with Gasteiger partial charge in [0.05, 0.1) is 0 Å². The lowest BCUT2D eigenvalue weighted by atomic mass is 9.99. The Kier molecular flexibility index (Phi) is 7.20. The van der Waals surface area contributed by atoms with Crippen LogP contribution in [0.25, 0.3) is 0 Å². The van der Waals surface area contributed by atoms with Crippen molar-refractivity contribution >= 4 is 38.5 Å². The molecule has 0 bridgehead atoms. The van der Waals surface area contributed by atoms with Gasteiger partial charge in [0.15, 0.2) is 0 Å². The highest BCUT2D eigenvalue weighted by Crippen LogP contribution is 2.15. The third kappa shape index (κ3) is 6.09. The Hall–Kier alpha value is -0.390. The maximum Gasteiger partial charge on any atom is 0.0178 e. The molecule has 1 unspecified atom stereocenters. The molecule has 2 rings (SSSR count). The number of nitrogens with one attached hydrogen (secondary N) is 1. The van der Waals surface area contributed by atoms with Crippen LogP contribution < -0.4 is 5.32 Å². The number of benzene rings is 2. The van der Waals surface area contributed by atoms with Gasteiger partial charge < -0.3 is 5.32 Å². The molecule has 0 heterocycles. The van der Waals surface area contributed by atoms with Crippen molar-refractivity contribution in [2.24, 2.45) is 0 Å². The molecule has 0 radical (unpaired) electrons. The molecule has 2 aromatic rings. The lowest BCUT2D eigenvalue weighted by molar-refractivity contribution is 0.504. The van der Waals surface area contributed by atoms with E-state index in [0.717, 1.165) is 23.9 Å². The summed E-state index contributed by atoms with van der Waals surface area (Å²) in [6, 6.07) is 18.0. The lowest BCUT2D eigenvalue weighted by Crippen LogP contribution is -2.33. The third-order valence-electron chi connectivity index (χ3n) is 3.45. The number of hydrogen-bond acceptors (Lipinski definition) is 1. The Labute approximate surface area is 149 Å². The monoisotopic (exact) mass is 457 g/mol. The molecule has 1 N–H and O–H groups in total. The second-order valence-electron chi connectivity index (χ2n) is 5.32. The average Bonchev–Trinajstić information content (AvgIpc) is 2.47. The molecule has 2 aromatic carbocycles. The molecule has 1 atom stereocenters. The van der Waals surface area contributed by atoms with E-state index < -0.39 is 0 Å². The van der Waals surface area contributed by atoms with Crippen LogP contribution in [0.2, 0.25) is 0 Å². The fraction of sp³-hybridized carbons (Fsp3) is 0.333. The summed E-state index contributed by atoms with van der Waals surface area (Å²) >= 11 is 5.91. The molecule has 1 nitrogen and oxygen atoms in total. The number of rotatable bonds is 7. The van der Waals surface area contributed by atoms with Crippen LogP contribution in [0.5, 0.6) is 0 Å². The van der Waals surface area contributed by atoms with E-state index >= 15 is 0 Å². The third-order valence-corrected chi connectivity index (χ3v) is 4.66. The van der Waals surface area contributed by atoms with Crippen molar-refractivity contribution < 1.29 is 0 Å². The van der Waals surface area contributed by atoms with Gasteiger partial charge in [-0.1, -0.05) is 47.1 Å². The molecule has 0 aliphatic rings. The summed E-state index contributed by atoms with van der Waals surface area (Å²) in [4.78, 5) is 0. The van der Waals surface area contributed by atoms with Gasteiger partial charge >= 0.3 is 0 Å². The van der Waals surface area contributed by atoms with Crippen molar-refractivity contribution in [3.05, 3.63) is 67.7 Å². The summed E-state index contributed by atoms with van der Waals surface area (Å²) in [5, 5.41) is 3.68. The predicted octanol–water partition coefficient (Wildman–Crippen LogP) is 5.21. The summed E-state index contributed by atoms with van der Waals surface area (Å²) in [6.45, 7) is 3.29. The minimum Gasteiger partial charge on any atom is -0.313 e. The van der Waals surface area contributed by atoms with Crippen LogP contribution in [0.3, 0.4) is 0 Å². The highest BCUT2D eigenvalue weighted by Gasteiger charge is 2.10. The van der Waals surface area contributed by atoms with E-state index in [0.29, 0.717) is 6.04 Å². The molecule has 21 heavy (non-hydrogen) atoms. The smallest absolute Gasteiger partial charge is 0.0178 e. The Balaban J connectivity index is 2.04. The highest BCUT2D eigenvalue weighted by atomic mass is 127. The van der Waals surface area contributed by atoms with Gasteiger partial charge in [0, 0.05) is 14.1 Å². The maximum absolute atomic E-state index is 3.68. The van der Waals surface area contributed by atoms with Gasteiger partial charge in [-0.2, -0.15) is 0 Å². The van der Waals surface area contributed by atoms with Gasteiger partial charge in [0.2, 0.25) is 0 Å². The molecule has 0 saturated carbocycles. The largest absolute Gasteiger partial charge is 0.313 e. The standard InChI is InChI=1S/C18H21BrIN/c1-2-10-21-18(12-14-6-8-17(20)9-7-14)13-15-4-3-5-16(19)11-15/h3-9,11,18,21H,2,10,12-13H2,1H3. The zero-order chi connectivity index (χ0) is 15.1. The molecule has 0 fully saturated rings. The highest BCUT2D eigenvalue weighted by molar-refractivity contribution is 14.1. The van der Waals surface area contributed by atoms with Gasteiger partial charge in [-0.3, -0.25) is 0 Å². The topological polar surface area (TPSA) is 12.0 Å². The van der Waals surface area contributed by atoms with Crippen molar-refractivity contribution in [3.8, 4) is 0 Å². The van der Waals surface area contributed by atoms with Crippen molar-refractivity contribution in [2.45, 2.75) is 32.2 Å². The van der Waals surface area contributed by atoms with Gasteiger partial charge in [0.25, 0.3) is 0 Å². The minimum atomic E-state index is 0.485. The molecule has 3 heteroatoms. The van der Waals surface area contributed by atoms with Gasteiger partial charge in [-0.15, -0.1) is 0 Å². The molecule has 0 spiro atoms. The first kappa shape index (κ1) is 17.0. The first-order valence-corrected chi connectivity index (χ1v) is 9.27. The van der Waals surface area contributed by atoms with E-state index in [1.165, 1.54) is 21.1 Å². The van der Waals surface area contributed by atoms with Crippen molar-refractivity contribution in [3.63, 3.8) is 0 Å². The van der Waals surface area contributed by atoms with E-state index in [4.69, 9.17) is 0 Å². The van der Waals surface area contributed by atoms with Crippen LogP contribution in [-0.4, -0.2) is 12.6 Å². The second kappa shape index (κ2) is 8.91. The Morgan fingerprint density at radius 1 is 1.05 bits per heavy atom. The Morgan fingerprint density at radius 3 is 2.43 bits per heavy atom. The molecule has 0 amide bonds. The predicted molar refractivity (Wildman–Crippen MR) is 103 cm³/mol. The normalized spacial score (nSPS) is 12.3. The second-order valence-corrected chi connectivity index (χ2v) is 7.48. The fourth-order valence-corrected chi connectivity index (χ4v) is 3.22. The van der Waals surface area contributed by atoms with Gasteiger partial charge in [-0.25, -0.2) is 0 Å². The Bertz CT molecular complexity index is 553. The molecule has 0 aliphatic heterocycles. The van der Waals surface area contributed by atoms with Crippen molar-refractivity contribution in [2.75, 3.05) is 6.54 Å². The van der Waals surface area contributed by atoms with Crippen LogP contribution >= 0.6 is 38.5 Å². The average molecular weight is 458 g/mol. The molecule has 0 saturated heterocycles. The maximum atomic E-state index is 3.68. The van der Waals surface area contributed by atoms with E-state index in [1.54, 1.807) is 0 Å². The zero-order valence-electron chi connectivity index (χ0n) is 12.3. The lowest BCUT2D eigenvalue weighted by Gasteiger charge is -2.19. The van der Waals surface area contributed by atoms with Crippen LogP contribution in [0.1, 0.15) is 24.5 Å². The molecular formula is C18H21BrIN. The Morgan fingerprint density at radius 2 is 1.76 bits per heavy atom. The van der Waals surface area contributed by atoms with E-state index in [2.05, 4.69) is 99.3 Å². The van der Waals surface area contributed by atoms with Crippen molar-refractivity contribution in [1.82, 2.24) is 5.32 Å². The molecule has 112 valence electrons.